The second-order valence-corrected chi connectivity index (χ2v) is 5.97. The smallest absolute Gasteiger partial charge is 0.223 e. The molecule has 0 saturated carbocycles. The van der Waals surface area contributed by atoms with Gasteiger partial charge in [-0.2, -0.15) is 0 Å². The van der Waals surface area contributed by atoms with E-state index in [1.54, 1.807) is 12.3 Å². The van der Waals surface area contributed by atoms with Gasteiger partial charge in [-0.15, -0.1) is 0 Å². The van der Waals surface area contributed by atoms with Gasteiger partial charge in [0, 0.05) is 44.5 Å². The maximum Gasteiger partial charge on any atom is 0.223 e. The normalized spacial score (nSPS) is 20.9. The van der Waals surface area contributed by atoms with Gasteiger partial charge in [-0.3, -0.25) is 4.79 Å². The van der Waals surface area contributed by atoms with Crippen molar-refractivity contribution >= 4 is 11.7 Å². The monoisotopic (exact) mass is 307 g/mol. The average Bonchev–Trinajstić information content (AvgIpc) is 2.56. The molecule has 22 heavy (non-hydrogen) atoms. The molecule has 6 heteroatoms. The van der Waals surface area contributed by atoms with Crippen molar-refractivity contribution in [2.75, 3.05) is 31.2 Å². The first-order valence-corrected chi connectivity index (χ1v) is 7.97. The van der Waals surface area contributed by atoms with E-state index in [1.165, 1.54) is 6.07 Å². The van der Waals surface area contributed by atoms with E-state index in [9.17, 15) is 9.18 Å². The van der Waals surface area contributed by atoms with Crippen molar-refractivity contribution in [1.29, 1.82) is 0 Å². The minimum absolute atomic E-state index is 0.0193. The molecule has 0 atom stereocenters. The lowest BCUT2D eigenvalue weighted by atomic mass is 9.95. The first-order valence-electron chi connectivity index (χ1n) is 7.97. The Morgan fingerprint density at radius 3 is 2.68 bits per heavy atom. The Bertz CT molecular complexity index is 512. The van der Waals surface area contributed by atoms with E-state index in [2.05, 4.69) is 10.3 Å². The number of nitrogens with zero attached hydrogens (tertiary/aromatic N) is 2. The number of amides is 1. The van der Waals surface area contributed by atoms with Crippen LogP contribution in [0.1, 0.15) is 25.7 Å². The number of pyridine rings is 1. The van der Waals surface area contributed by atoms with Gasteiger partial charge in [0.15, 0.2) is 11.6 Å². The highest BCUT2D eigenvalue weighted by Crippen LogP contribution is 2.24. The number of rotatable bonds is 3. The summed E-state index contributed by atoms with van der Waals surface area (Å²) in [6.45, 7) is 2.78. The summed E-state index contributed by atoms with van der Waals surface area (Å²) < 4.78 is 19.0. The Kier molecular flexibility index (Phi) is 4.87. The van der Waals surface area contributed by atoms with Gasteiger partial charge in [0.2, 0.25) is 5.91 Å². The number of nitrogens with one attached hydrogen (secondary N) is 1. The summed E-state index contributed by atoms with van der Waals surface area (Å²) in [6, 6.07) is 3.26. The Morgan fingerprint density at radius 2 is 2.00 bits per heavy atom. The number of piperidine rings is 1. The minimum Gasteiger partial charge on any atom is -0.381 e. The summed E-state index contributed by atoms with van der Waals surface area (Å²) in [4.78, 5) is 18.3. The first kappa shape index (κ1) is 15.2. The van der Waals surface area contributed by atoms with Crippen LogP contribution < -0.4 is 10.2 Å². The molecule has 2 saturated heterocycles. The van der Waals surface area contributed by atoms with Crippen LogP contribution in [0.3, 0.4) is 0 Å². The van der Waals surface area contributed by atoms with Gasteiger partial charge in [0.05, 0.1) is 0 Å². The van der Waals surface area contributed by atoms with Crippen molar-refractivity contribution in [2.24, 2.45) is 5.92 Å². The highest BCUT2D eigenvalue weighted by Gasteiger charge is 2.28. The third-order valence-electron chi connectivity index (χ3n) is 4.47. The van der Waals surface area contributed by atoms with Gasteiger partial charge >= 0.3 is 0 Å². The largest absolute Gasteiger partial charge is 0.381 e. The SMILES string of the molecule is O=C(NC1CCOCC1)C1CCN(c2ncccc2F)CC1. The lowest BCUT2D eigenvalue weighted by Crippen LogP contribution is -2.45. The van der Waals surface area contributed by atoms with Crippen molar-refractivity contribution in [2.45, 2.75) is 31.7 Å². The number of ether oxygens (including phenoxy) is 1. The molecule has 0 aromatic carbocycles. The Balaban J connectivity index is 1.51. The predicted octanol–water partition coefficient (Wildman–Crippen LogP) is 1.73. The van der Waals surface area contributed by atoms with E-state index >= 15 is 0 Å². The number of hydrogen-bond donors (Lipinski definition) is 1. The second-order valence-electron chi connectivity index (χ2n) is 5.97. The fourth-order valence-corrected chi connectivity index (χ4v) is 3.12. The maximum atomic E-state index is 13.7. The molecular formula is C16H22FN3O2. The molecule has 3 heterocycles. The standard InChI is InChI=1S/C16H22FN3O2/c17-14-2-1-7-18-15(14)20-8-3-12(4-9-20)16(21)19-13-5-10-22-11-6-13/h1-2,7,12-13H,3-6,8-11H2,(H,19,21). The van der Waals surface area contributed by atoms with Crippen LogP contribution in [-0.2, 0) is 9.53 Å². The van der Waals surface area contributed by atoms with Gasteiger partial charge in [0.25, 0.3) is 0 Å². The predicted molar refractivity (Wildman–Crippen MR) is 81.1 cm³/mol. The molecule has 0 radical (unpaired) electrons. The highest BCUT2D eigenvalue weighted by atomic mass is 19.1. The summed E-state index contributed by atoms with van der Waals surface area (Å²) in [6.07, 6.45) is 4.87. The summed E-state index contributed by atoms with van der Waals surface area (Å²) in [5, 5.41) is 3.13. The quantitative estimate of drug-likeness (QED) is 0.924. The molecule has 1 aromatic rings. The molecule has 0 bridgehead atoms. The third-order valence-corrected chi connectivity index (χ3v) is 4.47. The van der Waals surface area contributed by atoms with Crippen molar-refractivity contribution in [3.63, 3.8) is 0 Å². The van der Waals surface area contributed by atoms with Gasteiger partial charge in [-0.25, -0.2) is 9.37 Å². The van der Waals surface area contributed by atoms with Gasteiger partial charge < -0.3 is 15.0 Å². The number of carbonyl (C=O) groups is 1. The van der Waals surface area contributed by atoms with Crippen LogP contribution in [0.4, 0.5) is 10.2 Å². The molecule has 0 unspecified atom stereocenters. The van der Waals surface area contributed by atoms with Crippen molar-refractivity contribution in [1.82, 2.24) is 10.3 Å². The molecule has 0 aliphatic carbocycles. The number of halogens is 1. The van der Waals surface area contributed by atoms with Crippen LogP contribution in [0, 0.1) is 11.7 Å². The summed E-state index contributed by atoms with van der Waals surface area (Å²) >= 11 is 0. The maximum absolute atomic E-state index is 13.7. The molecule has 2 aliphatic rings. The average molecular weight is 307 g/mol. The van der Waals surface area contributed by atoms with Gasteiger partial charge in [-0.1, -0.05) is 0 Å². The van der Waals surface area contributed by atoms with E-state index in [0.29, 0.717) is 18.9 Å². The van der Waals surface area contributed by atoms with E-state index in [1.807, 2.05) is 4.90 Å². The third kappa shape index (κ3) is 3.55. The number of aromatic nitrogens is 1. The van der Waals surface area contributed by atoms with Crippen molar-refractivity contribution in [3.8, 4) is 0 Å². The Labute approximate surface area is 129 Å². The van der Waals surface area contributed by atoms with Crippen LogP contribution in [0.15, 0.2) is 18.3 Å². The number of carbonyl (C=O) groups excluding carboxylic acids is 1. The zero-order valence-electron chi connectivity index (χ0n) is 12.6. The number of hydrogen-bond acceptors (Lipinski definition) is 4. The fourth-order valence-electron chi connectivity index (χ4n) is 3.12. The topological polar surface area (TPSA) is 54.5 Å². The molecular weight excluding hydrogens is 285 g/mol. The fraction of sp³-hybridized carbons (Fsp3) is 0.625. The summed E-state index contributed by atoms with van der Waals surface area (Å²) in [5.41, 5.74) is 0. The van der Waals surface area contributed by atoms with Crippen LogP contribution in [0.25, 0.3) is 0 Å². The number of anilines is 1. The molecule has 0 spiro atoms. The van der Waals surface area contributed by atoms with E-state index in [-0.39, 0.29) is 23.7 Å². The summed E-state index contributed by atoms with van der Waals surface area (Å²) in [5.74, 6) is 0.248. The molecule has 2 fully saturated rings. The van der Waals surface area contributed by atoms with Crippen LogP contribution in [-0.4, -0.2) is 43.2 Å². The molecule has 1 N–H and O–H groups in total. The van der Waals surface area contributed by atoms with Crippen molar-refractivity contribution < 1.29 is 13.9 Å². The lowest BCUT2D eigenvalue weighted by molar-refractivity contribution is -0.126. The van der Waals surface area contributed by atoms with E-state index < -0.39 is 0 Å². The van der Waals surface area contributed by atoms with Crippen LogP contribution in [0.5, 0.6) is 0 Å². The van der Waals surface area contributed by atoms with Gasteiger partial charge in [-0.05, 0) is 37.8 Å². The Morgan fingerprint density at radius 1 is 1.27 bits per heavy atom. The van der Waals surface area contributed by atoms with Crippen molar-refractivity contribution in [3.05, 3.63) is 24.1 Å². The summed E-state index contributed by atoms with van der Waals surface area (Å²) in [7, 11) is 0. The molecule has 1 amide bonds. The molecule has 2 aliphatic heterocycles. The van der Waals surface area contributed by atoms with Gasteiger partial charge in [0.1, 0.15) is 0 Å². The zero-order valence-corrected chi connectivity index (χ0v) is 12.6. The van der Waals surface area contributed by atoms with Crippen LogP contribution >= 0.6 is 0 Å². The molecule has 3 rings (SSSR count). The zero-order chi connectivity index (χ0) is 15.4. The Hall–Kier alpha value is -1.69. The molecule has 120 valence electrons. The molecule has 5 nitrogen and oxygen atoms in total. The van der Waals surface area contributed by atoms with E-state index in [0.717, 1.165) is 38.9 Å². The lowest BCUT2D eigenvalue weighted by Gasteiger charge is -2.33. The first-order chi connectivity index (χ1) is 10.7. The van der Waals surface area contributed by atoms with E-state index in [4.69, 9.17) is 4.74 Å². The van der Waals surface area contributed by atoms with Crippen LogP contribution in [0.2, 0.25) is 0 Å². The minimum atomic E-state index is -0.299. The molecule has 1 aromatic heterocycles. The second kappa shape index (κ2) is 7.05. The highest BCUT2D eigenvalue weighted by molar-refractivity contribution is 5.79.